The monoisotopic (exact) mass is 435 g/mol. The lowest BCUT2D eigenvalue weighted by atomic mass is 9.93. The Hall–Kier alpha value is -2.78. The average molecular weight is 436 g/mol. The minimum atomic E-state index is -0.0413. The number of carbonyl (C=O) groups is 1. The summed E-state index contributed by atoms with van der Waals surface area (Å²) in [6, 6.07) is 12.5. The fourth-order valence-electron chi connectivity index (χ4n) is 3.62. The van der Waals surface area contributed by atoms with Crippen LogP contribution in [0.2, 0.25) is 5.02 Å². The van der Waals surface area contributed by atoms with E-state index in [-0.39, 0.29) is 5.91 Å². The Balaban J connectivity index is 2.07. The lowest BCUT2D eigenvalue weighted by Gasteiger charge is -2.22. The molecule has 0 bridgehead atoms. The number of allylic oxidation sites excluding steroid dienone is 4. The summed E-state index contributed by atoms with van der Waals surface area (Å²) >= 11 is 6.81. The molecule has 0 radical (unpaired) electrons. The summed E-state index contributed by atoms with van der Waals surface area (Å²) < 4.78 is 5.88. The predicted octanol–water partition coefficient (Wildman–Crippen LogP) is 6.90. The Morgan fingerprint density at radius 2 is 1.87 bits per heavy atom. The maximum absolute atomic E-state index is 12.0. The summed E-state index contributed by atoms with van der Waals surface area (Å²) in [6.07, 6.45) is 11.2. The number of fused-ring (bicyclic) bond motifs is 1. The van der Waals surface area contributed by atoms with E-state index in [1.807, 2.05) is 19.2 Å². The molecule has 4 heteroatoms. The Kier molecular flexibility index (Phi) is 7.75. The van der Waals surface area contributed by atoms with Crippen LogP contribution in [0.15, 0.2) is 60.8 Å². The van der Waals surface area contributed by atoms with E-state index in [9.17, 15) is 4.79 Å². The maximum Gasteiger partial charge on any atom is 0.223 e. The molecule has 3 rings (SSSR count). The van der Waals surface area contributed by atoms with Gasteiger partial charge in [-0.05, 0) is 48.4 Å². The number of rotatable bonds is 6. The number of carbonyl (C=O) groups excluding carboxylic acids is 1. The number of nitrogens with zero attached hydrogens (tertiary/aromatic N) is 1. The van der Waals surface area contributed by atoms with Gasteiger partial charge in [0.2, 0.25) is 5.91 Å². The second-order valence-corrected chi connectivity index (χ2v) is 8.05. The quantitative estimate of drug-likeness (QED) is 0.461. The minimum absolute atomic E-state index is 0.0413. The zero-order valence-corrected chi connectivity index (χ0v) is 19.5. The van der Waals surface area contributed by atoms with Gasteiger partial charge in [0.15, 0.2) is 0 Å². The lowest BCUT2D eigenvalue weighted by Crippen LogP contribution is -2.18. The summed E-state index contributed by atoms with van der Waals surface area (Å²) in [5, 5.41) is 0.601. The van der Waals surface area contributed by atoms with E-state index in [1.165, 1.54) is 5.57 Å². The van der Waals surface area contributed by atoms with Gasteiger partial charge in [-0.1, -0.05) is 73.2 Å². The Morgan fingerprint density at radius 1 is 1.16 bits per heavy atom. The molecular formula is C27H30ClNO2. The van der Waals surface area contributed by atoms with Crippen molar-refractivity contribution < 1.29 is 9.53 Å². The second kappa shape index (κ2) is 10.5. The fourth-order valence-corrected chi connectivity index (χ4v) is 3.96. The van der Waals surface area contributed by atoms with Crippen LogP contribution in [0.25, 0.3) is 11.1 Å². The molecule has 1 amide bonds. The Morgan fingerprint density at radius 3 is 2.52 bits per heavy atom. The molecule has 0 spiro atoms. The number of benzene rings is 2. The highest BCUT2D eigenvalue weighted by Crippen LogP contribution is 2.40. The van der Waals surface area contributed by atoms with Gasteiger partial charge in [0, 0.05) is 31.3 Å². The second-order valence-electron chi connectivity index (χ2n) is 7.67. The van der Waals surface area contributed by atoms with Crippen molar-refractivity contribution in [2.45, 2.75) is 40.0 Å². The Labute approximate surface area is 190 Å². The van der Waals surface area contributed by atoms with Crippen molar-refractivity contribution in [1.82, 2.24) is 4.90 Å². The van der Waals surface area contributed by atoms with E-state index in [4.69, 9.17) is 16.3 Å². The normalized spacial score (nSPS) is 14.4. The minimum Gasteiger partial charge on any atom is -0.492 e. The first-order valence-corrected chi connectivity index (χ1v) is 11.2. The van der Waals surface area contributed by atoms with Crippen molar-refractivity contribution in [2.75, 3.05) is 13.7 Å². The molecule has 0 N–H and O–H groups in total. The molecule has 0 saturated heterocycles. The number of halogens is 1. The van der Waals surface area contributed by atoms with Gasteiger partial charge < -0.3 is 9.64 Å². The molecule has 162 valence electrons. The van der Waals surface area contributed by atoms with Gasteiger partial charge in [-0.25, -0.2) is 0 Å². The summed E-state index contributed by atoms with van der Waals surface area (Å²) in [7, 11) is 1.76. The summed E-state index contributed by atoms with van der Waals surface area (Å²) in [5.41, 5.74) is 6.20. The molecule has 0 saturated carbocycles. The smallest absolute Gasteiger partial charge is 0.223 e. The molecule has 0 fully saturated rings. The van der Waals surface area contributed by atoms with Crippen molar-refractivity contribution in [3.05, 3.63) is 88.1 Å². The van der Waals surface area contributed by atoms with Crippen LogP contribution in [0.3, 0.4) is 0 Å². The van der Waals surface area contributed by atoms with Crippen molar-refractivity contribution in [2.24, 2.45) is 0 Å². The molecule has 31 heavy (non-hydrogen) atoms. The molecule has 3 nitrogen and oxygen atoms in total. The lowest BCUT2D eigenvalue weighted by molar-refractivity contribution is -0.125. The van der Waals surface area contributed by atoms with Crippen LogP contribution in [0.1, 0.15) is 55.9 Å². The molecule has 1 aliphatic heterocycles. The molecule has 2 aromatic rings. The zero-order chi connectivity index (χ0) is 22.4. The van der Waals surface area contributed by atoms with Gasteiger partial charge in [0.05, 0.1) is 11.6 Å². The van der Waals surface area contributed by atoms with Crippen LogP contribution in [0, 0.1) is 0 Å². The summed E-state index contributed by atoms with van der Waals surface area (Å²) in [6.45, 7) is 6.40. The third-order valence-electron chi connectivity index (χ3n) is 5.50. The number of amides is 1. The highest BCUT2D eigenvalue weighted by molar-refractivity contribution is 6.34. The summed E-state index contributed by atoms with van der Waals surface area (Å²) in [4.78, 5) is 13.5. The van der Waals surface area contributed by atoms with E-state index >= 15 is 0 Å². The van der Waals surface area contributed by atoms with Gasteiger partial charge in [-0.2, -0.15) is 0 Å². The molecule has 1 heterocycles. The predicted molar refractivity (Wildman–Crippen MR) is 130 cm³/mol. The van der Waals surface area contributed by atoms with Crippen LogP contribution in [0.4, 0.5) is 0 Å². The van der Waals surface area contributed by atoms with Crippen LogP contribution in [-0.4, -0.2) is 24.5 Å². The molecule has 0 unspecified atom stereocenters. The van der Waals surface area contributed by atoms with Gasteiger partial charge in [-0.15, -0.1) is 0 Å². The van der Waals surface area contributed by atoms with Crippen molar-refractivity contribution in [3.63, 3.8) is 0 Å². The molecule has 0 aliphatic carbocycles. The highest BCUT2D eigenvalue weighted by Gasteiger charge is 2.20. The van der Waals surface area contributed by atoms with E-state index in [2.05, 4.69) is 55.5 Å². The molecule has 1 aliphatic rings. The first-order chi connectivity index (χ1) is 15.0. The molecule has 0 aromatic heterocycles. The third kappa shape index (κ3) is 5.29. The zero-order valence-electron chi connectivity index (χ0n) is 18.7. The van der Waals surface area contributed by atoms with Crippen molar-refractivity contribution >= 4 is 28.7 Å². The van der Waals surface area contributed by atoms with E-state index in [0.29, 0.717) is 11.6 Å². The van der Waals surface area contributed by atoms with Crippen LogP contribution >= 0.6 is 11.6 Å². The fraction of sp³-hybridized carbons (Fsp3) is 0.296. The van der Waals surface area contributed by atoms with Crippen molar-refractivity contribution in [1.29, 1.82) is 0 Å². The average Bonchev–Trinajstić information content (AvgIpc) is 2.79. The highest BCUT2D eigenvalue weighted by atomic mass is 35.5. The molecule has 2 aromatic carbocycles. The third-order valence-corrected chi connectivity index (χ3v) is 5.87. The largest absolute Gasteiger partial charge is 0.492 e. The Bertz CT molecular complexity index is 1030. The van der Waals surface area contributed by atoms with Gasteiger partial charge >= 0.3 is 0 Å². The molecular weight excluding hydrogens is 406 g/mol. The van der Waals surface area contributed by atoms with E-state index in [0.717, 1.165) is 52.8 Å². The van der Waals surface area contributed by atoms with Crippen molar-refractivity contribution in [3.8, 4) is 5.75 Å². The SMILES string of the molecule is C/C=C(\C=C/CC)c1ccc(/C(=C\N(C)C(C)=O)c2ccc3c(c2Cl)OCCC3)cc1. The van der Waals surface area contributed by atoms with E-state index < -0.39 is 0 Å². The number of ether oxygens (including phenoxy) is 1. The van der Waals surface area contributed by atoms with Gasteiger partial charge in [0.25, 0.3) is 0 Å². The topological polar surface area (TPSA) is 29.5 Å². The van der Waals surface area contributed by atoms with Gasteiger partial charge in [0.1, 0.15) is 5.75 Å². The standard InChI is InChI=1S/C27H30ClNO2/c1-5-7-9-20(6-2)21-11-13-22(14-12-21)25(18-29(4)19(3)30)24-16-15-23-10-8-17-31-27(23)26(24)28/h6-7,9,11-16,18H,5,8,10,17H2,1-4H3/b9-7-,20-6+,25-18+. The van der Waals surface area contributed by atoms with Gasteiger partial charge in [-0.3, -0.25) is 4.79 Å². The maximum atomic E-state index is 12.0. The number of aryl methyl sites for hydroxylation is 1. The molecule has 0 atom stereocenters. The van der Waals surface area contributed by atoms with E-state index in [1.54, 1.807) is 18.9 Å². The number of hydrogen-bond acceptors (Lipinski definition) is 2. The van der Waals surface area contributed by atoms with Crippen LogP contribution < -0.4 is 4.74 Å². The van der Waals surface area contributed by atoms with Crippen LogP contribution in [0.5, 0.6) is 5.75 Å². The first-order valence-electron chi connectivity index (χ1n) is 10.8. The number of hydrogen-bond donors (Lipinski definition) is 0. The first kappa shape index (κ1) is 22.9. The summed E-state index contributed by atoms with van der Waals surface area (Å²) in [5.74, 6) is 0.722. The van der Waals surface area contributed by atoms with Crippen LogP contribution in [-0.2, 0) is 11.2 Å².